The minimum Gasteiger partial charge on any atom is -0.377 e. The van der Waals surface area contributed by atoms with Crippen molar-refractivity contribution >= 4 is 10.8 Å². The lowest BCUT2D eigenvalue weighted by Gasteiger charge is -2.12. The lowest BCUT2D eigenvalue weighted by molar-refractivity contribution is 0.0759. The average molecular weight is 244 g/mol. The molecule has 3 nitrogen and oxygen atoms in total. The second-order valence-electron chi connectivity index (χ2n) is 4.45. The Labute approximate surface area is 108 Å². The third-order valence-corrected chi connectivity index (χ3v) is 2.92. The molecule has 2 aromatic rings. The zero-order chi connectivity index (χ0) is 12.8. The lowest BCUT2D eigenvalue weighted by Crippen LogP contribution is -2.26. The van der Waals surface area contributed by atoms with E-state index in [4.69, 9.17) is 4.74 Å². The van der Waals surface area contributed by atoms with Gasteiger partial charge in [-0.05, 0) is 36.9 Å². The standard InChI is InChI=1S/C15H20N2O/c1-3-18-12(2)9-17-10-13-4-5-15-11-16-7-6-14(15)8-13/h4-8,11-12,17H,3,9-10H2,1-2H3. The molecule has 0 aliphatic rings. The van der Waals surface area contributed by atoms with Gasteiger partial charge in [-0.15, -0.1) is 0 Å². The molecular formula is C15H20N2O. The summed E-state index contributed by atoms with van der Waals surface area (Å²) in [5.74, 6) is 0. The first-order valence-corrected chi connectivity index (χ1v) is 6.44. The summed E-state index contributed by atoms with van der Waals surface area (Å²) in [5.41, 5.74) is 1.29. The first kappa shape index (κ1) is 13.0. The average Bonchev–Trinajstić information content (AvgIpc) is 2.39. The summed E-state index contributed by atoms with van der Waals surface area (Å²) in [6, 6.07) is 8.50. The van der Waals surface area contributed by atoms with Crippen molar-refractivity contribution < 1.29 is 4.74 Å². The van der Waals surface area contributed by atoms with Crippen LogP contribution in [0.4, 0.5) is 0 Å². The number of pyridine rings is 1. The van der Waals surface area contributed by atoms with Crippen molar-refractivity contribution in [3.8, 4) is 0 Å². The normalized spacial score (nSPS) is 12.8. The molecule has 0 aliphatic carbocycles. The molecule has 96 valence electrons. The fraction of sp³-hybridized carbons (Fsp3) is 0.400. The summed E-state index contributed by atoms with van der Waals surface area (Å²) in [5, 5.41) is 5.83. The number of aromatic nitrogens is 1. The summed E-state index contributed by atoms with van der Waals surface area (Å²) in [6.45, 7) is 6.63. The van der Waals surface area contributed by atoms with Crippen molar-refractivity contribution in [2.45, 2.75) is 26.5 Å². The Morgan fingerprint density at radius 2 is 2.17 bits per heavy atom. The Hall–Kier alpha value is -1.45. The van der Waals surface area contributed by atoms with Crippen molar-refractivity contribution in [3.05, 3.63) is 42.2 Å². The van der Waals surface area contributed by atoms with E-state index in [1.165, 1.54) is 16.3 Å². The molecule has 0 radical (unpaired) electrons. The molecule has 1 N–H and O–H groups in total. The van der Waals surface area contributed by atoms with E-state index in [2.05, 4.69) is 35.4 Å². The molecule has 1 atom stereocenters. The maximum absolute atomic E-state index is 5.48. The Bertz CT molecular complexity index is 499. The molecule has 0 saturated heterocycles. The first-order valence-electron chi connectivity index (χ1n) is 6.44. The van der Waals surface area contributed by atoms with Crippen LogP contribution in [-0.2, 0) is 11.3 Å². The molecule has 1 unspecified atom stereocenters. The van der Waals surface area contributed by atoms with Crippen LogP contribution in [0.2, 0.25) is 0 Å². The third kappa shape index (κ3) is 3.52. The van der Waals surface area contributed by atoms with Gasteiger partial charge >= 0.3 is 0 Å². The minimum absolute atomic E-state index is 0.264. The Morgan fingerprint density at radius 3 is 3.00 bits per heavy atom. The molecule has 0 fully saturated rings. The van der Waals surface area contributed by atoms with Gasteiger partial charge in [0.2, 0.25) is 0 Å². The second-order valence-corrected chi connectivity index (χ2v) is 4.45. The van der Waals surface area contributed by atoms with Crippen molar-refractivity contribution in [2.24, 2.45) is 0 Å². The van der Waals surface area contributed by atoms with Crippen molar-refractivity contribution in [1.82, 2.24) is 10.3 Å². The quantitative estimate of drug-likeness (QED) is 0.848. The maximum atomic E-state index is 5.48. The topological polar surface area (TPSA) is 34.1 Å². The molecule has 2 rings (SSSR count). The van der Waals surface area contributed by atoms with E-state index in [1.54, 1.807) is 0 Å². The molecule has 0 saturated carbocycles. The van der Waals surface area contributed by atoms with Crippen LogP contribution in [0, 0.1) is 0 Å². The lowest BCUT2D eigenvalue weighted by atomic mass is 10.1. The van der Waals surface area contributed by atoms with E-state index < -0.39 is 0 Å². The summed E-state index contributed by atoms with van der Waals surface area (Å²) in [7, 11) is 0. The third-order valence-electron chi connectivity index (χ3n) is 2.92. The Kier molecular flexibility index (Phi) is 4.67. The number of hydrogen-bond acceptors (Lipinski definition) is 3. The Morgan fingerprint density at radius 1 is 1.28 bits per heavy atom. The molecule has 3 heteroatoms. The van der Waals surface area contributed by atoms with Gasteiger partial charge in [-0.1, -0.05) is 12.1 Å². The number of hydrogen-bond donors (Lipinski definition) is 1. The molecule has 1 aromatic carbocycles. The smallest absolute Gasteiger partial charge is 0.0671 e. The summed E-state index contributed by atoms with van der Waals surface area (Å²) in [6.07, 6.45) is 3.99. The SMILES string of the molecule is CCOC(C)CNCc1ccc2cnccc2c1. The highest BCUT2D eigenvalue weighted by Crippen LogP contribution is 2.14. The second kappa shape index (κ2) is 6.47. The summed E-state index contributed by atoms with van der Waals surface area (Å²) < 4.78 is 5.48. The predicted molar refractivity (Wildman–Crippen MR) is 74.5 cm³/mol. The number of fused-ring (bicyclic) bond motifs is 1. The van der Waals surface area contributed by atoms with Gasteiger partial charge in [-0.3, -0.25) is 4.98 Å². The van der Waals surface area contributed by atoms with E-state index in [9.17, 15) is 0 Å². The van der Waals surface area contributed by atoms with Crippen LogP contribution in [0.3, 0.4) is 0 Å². The van der Waals surface area contributed by atoms with Gasteiger partial charge in [-0.25, -0.2) is 0 Å². The molecule has 0 amide bonds. The van der Waals surface area contributed by atoms with Crippen LogP contribution in [0.5, 0.6) is 0 Å². The molecule has 0 bridgehead atoms. The molecule has 0 spiro atoms. The molecular weight excluding hydrogens is 224 g/mol. The molecule has 1 aromatic heterocycles. The fourth-order valence-corrected chi connectivity index (χ4v) is 2.01. The van der Waals surface area contributed by atoms with Gasteiger partial charge < -0.3 is 10.1 Å². The highest BCUT2D eigenvalue weighted by molar-refractivity contribution is 5.81. The Balaban J connectivity index is 1.91. The number of benzene rings is 1. The van der Waals surface area contributed by atoms with Crippen LogP contribution in [0.1, 0.15) is 19.4 Å². The van der Waals surface area contributed by atoms with Gasteiger partial charge in [0, 0.05) is 37.5 Å². The first-order chi connectivity index (χ1) is 8.79. The largest absolute Gasteiger partial charge is 0.377 e. The molecule has 18 heavy (non-hydrogen) atoms. The zero-order valence-corrected chi connectivity index (χ0v) is 11.0. The molecule has 1 heterocycles. The zero-order valence-electron chi connectivity index (χ0n) is 11.0. The van der Waals surface area contributed by atoms with Crippen LogP contribution in [0.25, 0.3) is 10.8 Å². The van der Waals surface area contributed by atoms with E-state index in [0.29, 0.717) is 0 Å². The van der Waals surface area contributed by atoms with Gasteiger partial charge in [-0.2, -0.15) is 0 Å². The van der Waals surface area contributed by atoms with Crippen LogP contribution in [-0.4, -0.2) is 24.2 Å². The van der Waals surface area contributed by atoms with E-state index >= 15 is 0 Å². The van der Waals surface area contributed by atoms with Crippen molar-refractivity contribution in [1.29, 1.82) is 0 Å². The van der Waals surface area contributed by atoms with Gasteiger partial charge in [0.25, 0.3) is 0 Å². The fourth-order valence-electron chi connectivity index (χ4n) is 2.01. The number of ether oxygens (including phenoxy) is 1. The molecule has 0 aliphatic heterocycles. The van der Waals surface area contributed by atoms with Crippen LogP contribution in [0.15, 0.2) is 36.7 Å². The van der Waals surface area contributed by atoms with E-state index in [-0.39, 0.29) is 6.10 Å². The highest BCUT2D eigenvalue weighted by Gasteiger charge is 2.00. The van der Waals surface area contributed by atoms with Crippen molar-refractivity contribution in [2.75, 3.05) is 13.2 Å². The minimum atomic E-state index is 0.264. The highest BCUT2D eigenvalue weighted by atomic mass is 16.5. The van der Waals surface area contributed by atoms with E-state index in [1.807, 2.05) is 25.4 Å². The maximum Gasteiger partial charge on any atom is 0.0671 e. The van der Waals surface area contributed by atoms with Gasteiger partial charge in [0.15, 0.2) is 0 Å². The van der Waals surface area contributed by atoms with E-state index in [0.717, 1.165) is 19.7 Å². The van der Waals surface area contributed by atoms with Gasteiger partial charge in [0.05, 0.1) is 6.10 Å². The summed E-state index contributed by atoms with van der Waals surface area (Å²) in [4.78, 5) is 4.12. The number of rotatable bonds is 6. The van der Waals surface area contributed by atoms with Gasteiger partial charge in [0.1, 0.15) is 0 Å². The number of nitrogens with zero attached hydrogens (tertiary/aromatic N) is 1. The predicted octanol–water partition coefficient (Wildman–Crippen LogP) is 2.75. The van der Waals surface area contributed by atoms with Crippen LogP contribution >= 0.6 is 0 Å². The number of nitrogens with one attached hydrogen (secondary N) is 1. The van der Waals surface area contributed by atoms with Crippen molar-refractivity contribution in [3.63, 3.8) is 0 Å². The van der Waals surface area contributed by atoms with Crippen LogP contribution < -0.4 is 5.32 Å². The monoisotopic (exact) mass is 244 g/mol. The summed E-state index contributed by atoms with van der Waals surface area (Å²) >= 11 is 0.